The molecule has 0 amide bonds. The smallest absolute Gasteiger partial charge is 0.464 e. The number of carbonyl (C=O) groups is 1. The molecule has 0 aliphatic carbocycles. The van der Waals surface area contributed by atoms with Gasteiger partial charge in [-0.25, -0.2) is 18.6 Å². The fraction of sp³-hybridized carbons (Fsp3) is 0.333. The number of hydrogen-bond donors (Lipinski definition) is 0. The number of carbonyl (C=O) groups excluding carboxylic acids is 1. The topological polar surface area (TPSA) is 91.6 Å². The Morgan fingerprint density at radius 2 is 2.00 bits per heavy atom. The van der Waals surface area contributed by atoms with Gasteiger partial charge in [0.2, 0.25) is 5.75 Å². The number of pyridine rings is 1. The Hall–Kier alpha value is -2.53. The van der Waals surface area contributed by atoms with E-state index in [0.717, 1.165) is 7.11 Å². The van der Waals surface area contributed by atoms with E-state index < -0.39 is 46.4 Å². The lowest BCUT2D eigenvalue weighted by Crippen LogP contribution is -2.21. The minimum Gasteiger partial charge on any atom is -0.464 e. The highest BCUT2D eigenvalue weighted by Crippen LogP contribution is 2.40. The van der Waals surface area contributed by atoms with Crippen molar-refractivity contribution >= 4 is 11.7 Å². The molecule has 116 valence electrons. The van der Waals surface area contributed by atoms with Crippen LogP contribution in [0, 0.1) is 10.1 Å². The first-order valence-corrected chi connectivity index (χ1v) is 4.88. The van der Waals surface area contributed by atoms with Gasteiger partial charge in [-0.1, -0.05) is 0 Å². The molecule has 0 radical (unpaired) electrons. The second-order valence-corrected chi connectivity index (χ2v) is 3.34. The molecule has 0 unspecified atom stereocenters. The van der Waals surface area contributed by atoms with Gasteiger partial charge in [0.15, 0.2) is 5.69 Å². The maximum Gasteiger partial charge on any atom is 0.573 e. The maximum atomic E-state index is 12.6. The van der Waals surface area contributed by atoms with Crippen LogP contribution in [0.2, 0.25) is 0 Å². The number of alkyl halides is 5. The highest BCUT2D eigenvalue weighted by molar-refractivity contribution is 5.92. The highest BCUT2D eigenvalue weighted by Gasteiger charge is 2.41. The van der Waals surface area contributed by atoms with Crippen LogP contribution in [-0.4, -0.2) is 29.3 Å². The zero-order valence-corrected chi connectivity index (χ0v) is 9.98. The summed E-state index contributed by atoms with van der Waals surface area (Å²) in [6.07, 6.45) is -8.76. The number of rotatable bonds is 4. The zero-order valence-electron chi connectivity index (χ0n) is 9.98. The van der Waals surface area contributed by atoms with Gasteiger partial charge in [0.25, 0.3) is 6.43 Å². The maximum absolute atomic E-state index is 12.6. The summed E-state index contributed by atoms with van der Waals surface area (Å²) in [4.78, 5) is 23.5. The van der Waals surface area contributed by atoms with E-state index >= 15 is 0 Å². The van der Waals surface area contributed by atoms with E-state index in [0.29, 0.717) is 0 Å². The fourth-order valence-electron chi connectivity index (χ4n) is 1.30. The molecule has 0 aliphatic rings. The summed E-state index contributed by atoms with van der Waals surface area (Å²) in [6, 6.07) is 0. The number of nitrogens with zero attached hydrogens (tertiary/aromatic N) is 2. The molecule has 0 bridgehead atoms. The van der Waals surface area contributed by atoms with Gasteiger partial charge in [-0.15, -0.1) is 13.2 Å². The normalized spacial score (nSPS) is 11.4. The van der Waals surface area contributed by atoms with Crippen molar-refractivity contribution in [1.82, 2.24) is 4.98 Å². The summed E-state index contributed by atoms with van der Waals surface area (Å²) in [7, 11) is 0.758. The Balaban J connectivity index is 3.66. The SMILES string of the molecule is COC(=O)c1ncc(C(F)F)c([N+](=O)[O-])c1OC(F)(F)F. The lowest BCUT2D eigenvalue weighted by molar-refractivity contribution is -0.390. The molecule has 0 N–H and O–H groups in total. The van der Waals surface area contributed by atoms with Crippen LogP contribution in [0.25, 0.3) is 0 Å². The number of ether oxygens (including phenoxy) is 2. The Morgan fingerprint density at radius 1 is 1.43 bits per heavy atom. The third kappa shape index (κ3) is 3.73. The molecule has 1 heterocycles. The number of esters is 1. The average Bonchev–Trinajstić information content (AvgIpc) is 2.34. The van der Waals surface area contributed by atoms with Crippen LogP contribution in [0.4, 0.5) is 27.6 Å². The lowest BCUT2D eigenvalue weighted by Gasteiger charge is -2.13. The van der Waals surface area contributed by atoms with E-state index in [1.54, 1.807) is 0 Å². The monoisotopic (exact) mass is 316 g/mol. The Kier molecular flexibility index (Phi) is 4.60. The van der Waals surface area contributed by atoms with E-state index in [1.807, 2.05) is 0 Å². The largest absolute Gasteiger partial charge is 0.573 e. The summed E-state index contributed by atoms with van der Waals surface area (Å²) < 4.78 is 69.4. The third-order valence-electron chi connectivity index (χ3n) is 2.05. The average molecular weight is 316 g/mol. The van der Waals surface area contributed by atoms with Gasteiger partial charge < -0.3 is 9.47 Å². The van der Waals surface area contributed by atoms with Crippen molar-refractivity contribution in [1.29, 1.82) is 0 Å². The second kappa shape index (κ2) is 5.85. The minimum absolute atomic E-state index is 0.207. The molecule has 7 nitrogen and oxygen atoms in total. The molecule has 12 heteroatoms. The van der Waals surface area contributed by atoms with E-state index in [-0.39, 0.29) is 6.20 Å². The summed E-state index contributed by atoms with van der Waals surface area (Å²) in [5, 5.41) is 10.7. The fourth-order valence-corrected chi connectivity index (χ4v) is 1.30. The van der Waals surface area contributed by atoms with Gasteiger partial charge in [0, 0.05) is 6.20 Å². The first-order chi connectivity index (χ1) is 9.58. The number of hydrogen-bond acceptors (Lipinski definition) is 6. The summed E-state index contributed by atoms with van der Waals surface area (Å²) in [5.41, 5.74) is -4.38. The molecule has 0 fully saturated rings. The number of methoxy groups -OCH3 is 1. The van der Waals surface area contributed by atoms with E-state index in [2.05, 4.69) is 14.5 Å². The van der Waals surface area contributed by atoms with Crippen LogP contribution >= 0.6 is 0 Å². The lowest BCUT2D eigenvalue weighted by atomic mass is 10.2. The van der Waals surface area contributed by atoms with Gasteiger partial charge in [-0.3, -0.25) is 10.1 Å². The van der Waals surface area contributed by atoms with Gasteiger partial charge >= 0.3 is 18.0 Å². The van der Waals surface area contributed by atoms with Crippen LogP contribution in [0.1, 0.15) is 22.5 Å². The Bertz CT molecular complexity index is 574. The van der Waals surface area contributed by atoms with Crippen molar-refractivity contribution in [2.75, 3.05) is 7.11 Å². The number of halogens is 5. The molecule has 1 aromatic heterocycles. The van der Waals surface area contributed by atoms with E-state index in [9.17, 15) is 36.9 Å². The molecular weight excluding hydrogens is 311 g/mol. The summed E-state index contributed by atoms with van der Waals surface area (Å²) >= 11 is 0. The van der Waals surface area contributed by atoms with Crippen LogP contribution in [0.15, 0.2) is 6.20 Å². The minimum atomic E-state index is -5.46. The molecule has 21 heavy (non-hydrogen) atoms. The number of nitro groups is 1. The molecule has 0 aromatic carbocycles. The van der Waals surface area contributed by atoms with Gasteiger partial charge in [0.05, 0.1) is 12.0 Å². The molecular formula is C9H5F5N2O5. The molecule has 0 spiro atoms. The first-order valence-electron chi connectivity index (χ1n) is 4.88. The standard InChI is InChI=1S/C9H5F5N2O5/c1-20-8(17)4-6(21-9(12,13)14)5(16(18)19)3(2-15-4)7(10)11/h2,7H,1H3. The van der Waals surface area contributed by atoms with Gasteiger partial charge in [-0.2, -0.15) is 0 Å². The summed E-state index contributed by atoms with van der Waals surface area (Å²) in [6.45, 7) is 0. The van der Waals surface area contributed by atoms with Crippen molar-refractivity contribution < 1.29 is 41.1 Å². The third-order valence-corrected chi connectivity index (χ3v) is 2.05. The first kappa shape index (κ1) is 16.5. The van der Waals surface area contributed by atoms with Crippen molar-refractivity contribution in [3.8, 4) is 5.75 Å². The zero-order chi connectivity index (χ0) is 16.4. The summed E-state index contributed by atoms with van der Waals surface area (Å²) in [5.74, 6) is -3.27. The van der Waals surface area contributed by atoms with Crippen LogP contribution in [0.5, 0.6) is 5.75 Å². The molecule has 0 saturated carbocycles. The molecule has 0 aliphatic heterocycles. The van der Waals surface area contributed by atoms with E-state index in [4.69, 9.17) is 0 Å². The Labute approximate surface area is 112 Å². The predicted octanol–water partition coefficient (Wildman–Crippen LogP) is 2.61. The van der Waals surface area contributed by atoms with Crippen molar-refractivity contribution in [3.63, 3.8) is 0 Å². The number of aromatic nitrogens is 1. The van der Waals surface area contributed by atoms with Crippen LogP contribution in [-0.2, 0) is 4.74 Å². The quantitative estimate of drug-likeness (QED) is 0.367. The molecule has 1 rings (SSSR count). The van der Waals surface area contributed by atoms with Crippen molar-refractivity contribution in [2.24, 2.45) is 0 Å². The van der Waals surface area contributed by atoms with Gasteiger partial charge in [0.1, 0.15) is 5.56 Å². The van der Waals surface area contributed by atoms with Crippen molar-refractivity contribution in [3.05, 3.63) is 27.6 Å². The van der Waals surface area contributed by atoms with Crippen LogP contribution in [0.3, 0.4) is 0 Å². The molecule has 1 aromatic rings. The van der Waals surface area contributed by atoms with Gasteiger partial charge in [-0.05, 0) is 0 Å². The second-order valence-electron chi connectivity index (χ2n) is 3.34. The predicted molar refractivity (Wildman–Crippen MR) is 53.9 cm³/mol. The molecule has 0 atom stereocenters. The van der Waals surface area contributed by atoms with Crippen molar-refractivity contribution in [2.45, 2.75) is 12.8 Å². The molecule has 0 saturated heterocycles. The highest BCUT2D eigenvalue weighted by atomic mass is 19.4. The Morgan fingerprint density at radius 3 is 2.38 bits per heavy atom. The van der Waals surface area contributed by atoms with E-state index in [1.165, 1.54) is 0 Å². The van der Waals surface area contributed by atoms with Crippen LogP contribution < -0.4 is 4.74 Å².